The van der Waals surface area contributed by atoms with Crippen LogP contribution in [0.4, 0.5) is 11.4 Å². The van der Waals surface area contributed by atoms with Crippen LogP contribution in [0.15, 0.2) is 30.3 Å². The Hall–Kier alpha value is -2.03. The largest absolute Gasteiger partial charge is 0.399 e. The Kier molecular flexibility index (Phi) is 1.85. The van der Waals surface area contributed by atoms with Crippen LogP contribution >= 0.6 is 0 Å². The molecular weight excluding hydrogens is 176 g/mol. The number of carbonyl (C=O) groups is 1. The Labute approximate surface area is 81.3 Å². The van der Waals surface area contributed by atoms with E-state index < -0.39 is 0 Å². The van der Waals surface area contributed by atoms with Crippen molar-refractivity contribution in [2.75, 3.05) is 11.5 Å². The van der Waals surface area contributed by atoms with Crippen LogP contribution in [0.25, 0.3) is 10.8 Å². The number of carbonyl (C=O) groups excluding carboxylic acids is 1. The summed E-state index contributed by atoms with van der Waals surface area (Å²) in [4.78, 5) is 10.8. The van der Waals surface area contributed by atoms with Crippen molar-refractivity contribution in [2.45, 2.75) is 0 Å². The maximum atomic E-state index is 10.8. The van der Waals surface area contributed by atoms with Crippen molar-refractivity contribution in [1.29, 1.82) is 0 Å². The van der Waals surface area contributed by atoms with E-state index >= 15 is 0 Å². The molecule has 0 aliphatic rings. The van der Waals surface area contributed by atoms with E-state index in [4.69, 9.17) is 11.5 Å². The molecule has 0 bridgehead atoms. The van der Waals surface area contributed by atoms with Crippen molar-refractivity contribution in [2.24, 2.45) is 0 Å². The van der Waals surface area contributed by atoms with Gasteiger partial charge in [0.25, 0.3) is 0 Å². The minimum Gasteiger partial charge on any atom is -0.399 e. The number of anilines is 2. The van der Waals surface area contributed by atoms with Crippen molar-refractivity contribution in [1.82, 2.24) is 0 Å². The van der Waals surface area contributed by atoms with Gasteiger partial charge in [-0.2, -0.15) is 0 Å². The van der Waals surface area contributed by atoms with Gasteiger partial charge >= 0.3 is 0 Å². The summed E-state index contributed by atoms with van der Waals surface area (Å²) in [6.45, 7) is 0. The lowest BCUT2D eigenvalue weighted by Gasteiger charge is -2.04. The average molecular weight is 186 g/mol. The van der Waals surface area contributed by atoms with E-state index in [-0.39, 0.29) is 0 Å². The minimum absolute atomic E-state index is 0.497. The number of fused-ring (bicyclic) bond motifs is 1. The Bertz CT molecular complexity index is 506. The highest BCUT2D eigenvalue weighted by Crippen LogP contribution is 2.24. The van der Waals surface area contributed by atoms with Crippen molar-refractivity contribution < 1.29 is 4.79 Å². The van der Waals surface area contributed by atoms with Crippen molar-refractivity contribution in [3.63, 3.8) is 0 Å². The van der Waals surface area contributed by atoms with E-state index in [0.717, 1.165) is 17.1 Å². The van der Waals surface area contributed by atoms with Gasteiger partial charge in [0.1, 0.15) is 0 Å². The molecule has 0 fully saturated rings. The molecular formula is C11H10N2O. The van der Waals surface area contributed by atoms with Crippen LogP contribution in [0, 0.1) is 0 Å². The average Bonchev–Trinajstić information content (AvgIpc) is 2.18. The standard InChI is InChI=1S/C11H10N2O/c12-8-2-3-9-7(5-8)1-4-11(13)10(9)6-14/h1-6H,12-13H2. The second kappa shape index (κ2) is 3.03. The highest BCUT2D eigenvalue weighted by molar-refractivity contribution is 6.03. The summed E-state index contributed by atoms with van der Waals surface area (Å²) in [6.07, 6.45) is 0.772. The highest BCUT2D eigenvalue weighted by Gasteiger charge is 2.03. The summed E-state index contributed by atoms with van der Waals surface area (Å²) >= 11 is 0. The summed E-state index contributed by atoms with van der Waals surface area (Å²) in [5.74, 6) is 0. The van der Waals surface area contributed by atoms with Gasteiger partial charge in [-0.25, -0.2) is 0 Å². The molecule has 70 valence electrons. The van der Waals surface area contributed by atoms with Gasteiger partial charge in [0.2, 0.25) is 0 Å². The second-order valence-corrected chi connectivity index (χ2v) is 3.17. The van der Waals surface area contributed by atoms with E-state index in [0.29, 0.717) is 16.9 Å². The first-order chi connectivity index (χ1) is 6.72. The molecule has 0 radical (unpaired) electrons. The molecule has 4 N–H and O–H groups in total. The first-order valence-electron chi connectivity index (χ1n) is 4.25. The molecule has 0 aliphatic heterocycles. The molecule has 0 aliphatic carbocycles. The fourth-order valence-corrected chi connectivity index (χ4v) is 1.52. The molecule has 0 saturated carbocycles. The molecule has 0 unspecified atom stereocenters. The summed E-state index contributed by atoms with van der Waals surface area (Å²) in [6, 6.07) is 8.96. The predicted molar refractivity (Wildman–Crippen MR) is 58.2 cm³/mol. The third-order valence-electron chi connectivity index (χ3n) is 2.24. The van der Waals surface area contributed by atoms with Gasteiger partial charge in [-0.3, -0.25) is 4.79 Å². The van der Waals surface area contributed by atoms with Gasteiger partial charge < -0.3 is 11.5 Å². The van der Waals surface area contributed by atoms with Crippen LogP contribution < -0.4 is 11.5 Å². The SMILES string of the molecule is Nc1ccc2c(C=O)c(N)ccc2c1. The number of benzene rings is 2. The van der Waals surface area contributed by atoms with E-state index in [1.54, 1.807) is 12.1 Å². The van der Waals surface area contributed by atoms with Gasteiger partial charge in [0.15, 0.2) is 6.29 Å². The summed E-state index contributed by atoms with van der Waals surface area (Å²) in [7, 11) is 0. The van der Waals surface area contributed by atoms with Gasteiger partial charge in [0, 0.05) is 16.9 Å². The van der Waals surface area contributed by atoms with Crippen LogP contribution in [-0.4, -0.2) is 6.29 Å². The Morgan fingerprint density at radius 1 is 1.07 bits per heavy atom. The van der Waals surface area contributed by atoms with Crippen LogP contribution in [0.2, 0.25) is 0 Å². The molecule has 2 rings (SSSR count). The molecule has 14 heavy (non-hydrogen) atoms. The topological polar surface area (TPSA) is 69.1 Å². The summed E-state index contributed by atoms with van der Waals surface area (Å²) in [5, 5.41) is 1.77. The molecule has 3 heteroatoms. The lowest BCUT2D eigenvalue weighted by Crippen LogP contribution is -1.94. The van der Waals surface area contributed by atoms with Crippen LogP contribution in [-0.2, 0) is 0 Å². The van der Waals surface area contributed by atoms with Crippen molar-refractivity contribution in [3.05, 3.63) is 35.9 Å². The fourth-order valence-electron chi connectivity index (χ4n) is 1.52. The normalized spacial score (nSPS) is 10.3. The molecule has 0 aromatic heterocycles. The molecule has 0 heterocycles. The molecule has 0 atom stereocenters. The lowest BCUT2D eigenvalue weighted by atomic mass is 10.0. The third-order valence-corrected chi connectivity index (χ3v) is 2.24. The maximum Gasteiger partial charge on any atom is 0.152 e. The van der Waals surface area contributed by atoms with Crippen LogP contribution in [0.1, 0.15) is 10.4 Å². The number of hydrogen-bond donors (Lipinski definition) is 2. The first kappa shape index (κ1) is 8.56. The quantitative estimate of drug-likeness (QED) is 0.527. The molecule has 3 nitrogen and oxygen atoms in total. The van der Waals surface area contributed by atoms with E-state index in [1.165, 1.54) is 0 Å². The number of aldehydes is 1. The Morgan fingerprint density at radius 3 is 2.57 bits per heavy atom. The van der Waals surface area contributed by atoms with Gasteiger partial charge in [0.05, 0.1) is 0 Å². The minimum atomic E-state index is 0.497. The molecule has 0 amide bonds. The number of nitrogen functional groups attached to an aromatic ring is 2. The second-order valence-electron chi connectivity index (χ2n) is 3.17. The Balaban J connectivity index is 2.88. The predicted octanol–water partition coefficient (Wildman–Crippen LogP) is 1.82. The van der Waals surface area contributed by atoms with E-state index in [2.05, 4.69) is 0 Å². The van der Waals surface area contributed by atoms with Crippen LogP contribution in [0.5, 0.6) is 0 Å². The zero-order valence-corrected chi connectivity index (χ0v) is 7.53. The van der Waals surface area contributed by atoms with Crippen molar-refractivity contribution >= 4 is 28.4 Å². The summed E-state index contributed by atoms with van der Waals surface area (Å²) < 4.78 is 0. The number of nitrogens with two attached hydrogens (primary N) is 2. The summed E-state index contributed by atoms with van der Waals surface area (Å²) in [5.41, 5.74) is 13.0. The number of hydrogen-bond acceptors (Lipinski definition) is 3. The van der Waals surface area contributed by atoms with E-state index in [1.807, 2.05) is 18.2 Å². The van der Waals surface area contributed by atoms with Gasteiger partial charge in [-0.1, -0.05) is 12.1 Å². The fraction of sp³-hybridized carbons (Fsp3) is 0. The Morgan fingerprint density at radius 2 is 1.86 bits per heavy atom. The van der Waals surface area contributed by atoms with Crippen LogP contribution in [0.3, 0.4) is 0 Å². The first-order valence-corrected chi connectivity index (χ1v) is 4.25. The molecule has 2 aromatic rings. The van der Waals surface area contributed by atoms with Crippen molar-refractivity contribution in [3.8, 4) is 0 Å². The molecule has 2 aromatic carbocycles. The number of rotatable bonds is 1. The zero-order valence-electron chi connectivity index (χ0n) is 7.53. The lowest BCUT2D eigenvalue weighted by molar-refractivity contribution is 0.112. The zero-order chi connectivity index (χ0) is 10.1. The molecule has 0 spiro atoms. The monoisotopic (exact) mass is 186 g/mol. The highest BCUT2D eigenvalue weighted by atomic mass is 16.1. The third kappa shape index (κ3) is 1.19. The van der Waals surface area contributed by atoms with E-state index in [9.17, 15) is 4.79 Å². The van der Waals surface area contributed by atoms with Gasteiger partial charge in [-0.05, 0) is 29.0 Å². The molecule has 0 saturated heterocycles. The smallest absolute Gasteiger partial charge is 0.152 e. The van der Waals surface area contributed by atoms with Gasteiger partial charge in [-0.15, -0.1) is 0 Å². The maximum absolute atomic E-state index is 10.8.